The molecule has 0 aromatic heterocycles. The van der Waals surface area contributed by atoms with E-state index in [-0.39, 0.29) is 13.0 Å². The van der Waals surface area contributed by atoms with Crippen LogP contribution >= 0.6 is 27.5 Å². The van der Waals surface area contributed by atoms with Crippen LogP contribution in [-0.2, 0) is 9.59 Å². The zero-order valence-electron chi connectivity index (χ0n) is 11.3. The quantitative estimate of drug-likeness (QED) is 0.717. The second kappa shape index (κ2) is 8.69. The topological polar surface area (TPSA) is 75.6 Å². The molecule has 1 atom stereocenters. The first kappa shape index (κ1) is 17.5. The van der Waals surface area contributed by atoms with E-state index in [2.05, 4.69) is 21.2 Å². The minimum absolute atomic E-state index is 0.219. The normalized spacial score (nSPS) is 12.1. The fourth-order valence-electron chi connectivity index (χ4n) is 1.47. The van der Waals surface area contributed by atoms with Gasteiger partial charge in [0.25, 0.3) is 5.91 Å². The third-order valence-electron chi connectivity index (χ3n) is 2.49. The van der Waals surface area contributed by atoms with Crippen molar-refractivity contribution in [2.24, 2.45) is 0 Å². The summed E-state index contributed by atoms with van der Waals surface area (Å²) in [5, 5.41) is 11.7. The number of ether oxygens (including phenoxy) is 1. The summed E-state index contributed by atoms with van der Waals surface area (Å²) in [7, 11) is 0. The molecule has 0 aliphatic heterocycles. The van der Waals surface area contributed by atoms with E-state index in [0.717, 1.165) is 4.47 Å². The number of amides is 1. The van der Waals surface area contributed by atoms with Crippen LogP contribution < -0.4 is 10.1 Å². The van der Waals surface area contributed by atoms with Gasteiger partial charge in [0.2, 0.25) is 0 Å². The SMILES string of the molecule is C/C=C/CC(NC(=O)COc1ccc(Br)cc1Cl)C(=O)O. The van der Waals surface area contributed by atoms with Crippen LogP contribution in [0.15, 0.2) is 34.8 Å². The molecule has 5 nitrogen and oxygen atoms in total. The summed E-state index contributed by atoms with van der Waals surface area (Å²) >= 11 is 9.21. The molecule has 1 unspecified atom stereocenters. The Kier molecular flexibility index (Phi) is 7.25. The highest BCUT2D eigenvalue weighted by Crippen LogP contribution is 2.27. The van der Waals surface area contributed by atoms with Gasteiger partial charge in [0.1, 0.15) is 11.8 Å². The van der Waals surface area contributed by atoms with Crippen LogP contribution in [0.4, 0.5) is 0 Å². The highest BCUT2D eigenvalue weighted by atomic mass is 79.9. The molecule has 1 rings (SSSR count). The maximum Gasteiger partial charge on any atom is 0.326 e. The number of nitrogens with one attached hydrogen (secondary N) is 1. The molecule has 21 heavy (non-hydrogen) atoms. The van der Waals surface area contributed by atoms with Gasteiger partial charge < -0.3 is 15.2 Å². The fourth-order valence-corrected chi connectivity index (χ4v) is 2.19. The third kappa shape index (κ3) is 6.18. The Morgan fingerprint density at radius 2 is 2.24 bits per heavy atom. The number of rotatable bonds is 7. The monoisotopic (exact) mass is 375 g/mol. The van der Waals surface area contributed by atoms with Gasteiger partial charge in [-0.05, 0) is 31.5 Å². The first-order chi connectivity index (χ1) is 9.93. The van der Waals surface area contributed by atoms with Crippen LogP contribution in [0.5, 0.6) is 5.75 Å². The number of benzene rings is 1. The fraction of sp³-hybridized carbons (Fsp3) is 0.286. The molecule has 7 heteroatoms. The van der Waals surface area contributed by atoms with Gasteiger partial charge >= 0.3 is 5.97 Å². The molecule has 0 saturated heterocycles. The Labute approximate surface area is 136 Å². The van der Waals surface area contributed by atoms with E-state index in [0.29, 0.717) is 10.8 Å². The Morgan fingerprint density at radius 3 is 2.81 bits per heavy atom. The molecule has 2 N–H and O–H groups in total. The van der Waals surface area contributed by atoms with Crippen molar-refractivity contribution in [2.75, 3.05) is 6.61 Å². The number of allylic oxidation sites excluding steroid dienone is 1. The first-order valence-electron chi connectivity index (χ1n) is 6.15. The molecule has 0 radical (unpaired) electrons. The second-order valence-electron chi connectivity index (χ2n) is 4.13. The van der Waals surface area contributed by atoms with E-state index in [1.807, 2.05) is 0 Å². The molecular weight excluding hydrogens is 362 g/mol. The predicted octanol–water partition coefficient (Wildman–Crippen LogP) is 3.02. The second-order valence-corrected chi connectivity index (χ2v) is 5.45. The van der Waals surface area contributed by atoms with Gasteiger partial charge in [0.15, 0.2) is 6.61 Å². The Balaban J connectivity index is 2.54. The molecule has 0 saturated carbocycles. The van der Waals surface area contributed by atoms with E-state index in [1.165, 1.54) is 0 Å². The number of hydrogen-bond acceptors (Lipinski definition) is 3. The van der Waals surface area contributed by atoms with Crippen molar-refractivity contribution in [2.45, 2.75) is 19.4 Å². The molecular formula is C14H15BrClNO4. The van der Waals surface area contributed by atoms with Gasteiger partial charge in [0.05, 0.1) is 5.02 Å². The molecule has 0 aliphatic rings. The van der Waals surface area contributed by atoms with Gasteiger partial charge in [-0.3, -0.25) is 4.79 Å². The summed E-state index contributed by atoms with van der Waals surface area (Å²) in [6.45, 7) is 1.47. The van der Waals surface area contributed by atoms with Crippen molar-refractivity contribution in [3.05, 3.63) is 39.8 Å². The number of carboxylic acids is 1. The third-order valence-corrected chi connectivity index (χ3v) is 3.28. The maximum absolute atomic E-state index is 11.7. The molecule has 114 valence electrons. The molecule has 1 aromatic rings. The zero-order valence-corrected chi connectivity index (χ0v) is 13.6. The molecule has 0 aliphatic carbocycles. The van der Waals surface area contributed by atoms with Crippen molar-refractivity contribution in [1.82, 2.24) is 5.32 Å². The minimum Gasteiger partial charge on any atom is -0.482 e. The lowest BCUT2D eigenvalue weighted by molar-refractivity contribution is -0.142. The highest BCUT2D eigenvalue weighted by Gasteiger charge is 2.18. The molecule has 0 fully saturated rings. The Morgan fingerprint density at radius 1 is 1.52 bits per heavy atom. The van der Waals surface area contributed by atoms with E-state index < -0.39 is 17.9 Å². The lowest BCUT2D eigenvalue weighted by Gasteiger charge is -2.13. The van der Waals surface area contributed by atoms with Crippen LogP contribution in [0, 0.1) is 0 Å². The zero-order chi connectivity index (χ0) is 15.8. The molecule has 0 bridgehead atoms. The molecule has 0 spiro atoms. The Bertz CT molecular complexity index is 548. The first-order valence-corrected chi connectivity index (χ1v) is 7.32. The van der Waals surface area contributed by atoms with Crippen molar-refractivity contribution in [3.63, 3.8) is 0 Å². The lowest BCUT2D eigenvalue weighted by Crippen LogP contribution is -2.42. The maximum atomic E-state index is 11.7. The number of aliphatic carboxylic acids is 1. The van der Waals surface area contributed by atoms with E-state index in [4.69, 9.17) is 21.4 Å². The number of halogens is 2. The summed E-state index contributed by atoms with van der Waals surface area (Å²) < 4.78 is 6.06. The van der Waals surface area contributed by atoms with Crippen molar-refractivity contribution < 1.29 is 19.4 Å². The van der Waals surface area contributed by atoms with Gasteiger partial charge in [-0.2, -0.15) is 0 Å². The minimum atomic E-state index is -1.09. The number of hydrogen-bond donors (Lipinski definition) is 2. The number of carbonyl (C=O) groups excluding carboxylic acids is 1. The van der Waals surface area contributed by atoms with Crippen LogP contribution in [0.2, 0.25) is 5.02 Å². The highest BCUT2D eigenvalue weighted by molar-refractivity contribution is 9.10. The summed E-state index contributed by atoms with van der Waals surface area (Å²) in [5.41, 5.74) is 0. The van der Waals surface area contributed by atoms with Gasteiger partial charge in [-0.25, -0.2) is 4.79 Å². The van der Waals surface area contributed by atoms with Gasteiger partial charge in [-0.15, -0.1) is 0 Å². The molecule has 1 aromatic carbocycles. The molecule has 1 amide bonds. The van der Waals surface area contributed by atoms with E-state index in [9.17, 15) is 9.59 Å². The van der Waals surface area contributed by atoms with Crippen molar-refractivity contribution in [1.29, 1.82) is 0 Å². The summed E-state index contributed by atoms with van der Waals surface area (Å²) in [6, 6.07) is 4.01. The van der Waals surface area contributed by atoms with Gasteiger partial charge in [0, 0.05) is 4.47 Å². The molecule has 0 heterocycles. The van der Waals surface area contributed by atoms with Crippen LogP contribution in [-0.4, -0.2) is 29.6 Å². The van der Waals surface area contributed by atoms with Crippen LogP contribution in [0.25, 0.3) is 0 Å². The lowest BCUT2D eigenvalue weighted by atomic mass is 10.2. The standard InChI is InChI=1S/C14H15BrClNO4/c1-2-3-4-11(14(19)20)17-13(18)8-21-12-6-5-9(15)7-10(12)16/h2-3,5-7,11H,4,8H2,1H3,(H,17,18)(H,19,20)/b3-2+. The predicted molar refractivity (Wildman–Crippen MR) is 83.6 cm³/mol. The van der Waals surface area contributed by atoms with Gasteiger partial charge in [-0.1, -0.05) is 39.7 Å². The van der Waals surface area contributed by atoms with Crippen molar-refractivity contribution >= 4 is 39.4 Å². The Hall–Kier alpha value is -1.53. The smallest absolute Gasteiger partial charge is 0.326 e. The summed E-state index contributed by atoms with van der Waals surface area (Å²) in [6.07, 6.45) is 3.61. The van der Waals surface area contributed by atoms with Crippen molar-refractivity contribution in [3.8, 4) is 5.75 Å². The number of carboxylic acid groups (broad SMARTS) is 1. The van der Waals surface area contributed by atoms with Crippen LogP contribution in [0.3, 0.4) is 0 Å². The average Bonchev–Trinajstić information content (AvgIpc) is 2.42. The number of carbonyl (C=O) groups is 2. The van der Waals surface area contributed by atoms with E-state index >= 15 is 0 Å². The summed E-state index contributed by atoms with van der Waals surface area (Å²) in [5.74, 6) is -1.26. The largest absolute Gasteiger partial charge is 0.482 e. The van der Waals surface area contributed by atoms with Crippen LogP contribution in [0.1, 0.15) is 13.3 Å². The van der Waals surface area contributed by atoms with E-state index in [1.54, 1.807) is 37.3 Å². The average molecular weight is 377 g/mol. The summed E-state index contributed by atoms with van der Waals surface area (Å²) in [4.78, 5) is 22.7.